The number of benzene rings is 3. The Labute approximate surface area is 206 Å². The Kier molecular flexibility index (Phi) is 6.77. The maximum Gasteiger partial charge on any atom is 0.252 e. The van der Waals surface area contributed by atoms with Crippen LogP contribution in [0.15, 0.2) is 84.9 Å². The topological polar surface area (TPSA) is 54.5 Å². The van der Waals surface area contributed by atoms with Crippen molar-refractivity contribution in [3.05, 3.63) is 96.1 Å². The molecule has 0 radical (unpaired) electrons. The number of hydrogen-bond donors (Lipinski definition) is 1. The fourth-order valence-electron chi connectivity index (χ4n) is 4.73. The van der Waals surface area contributed by atoms with E-state index in [-0.39, 0.29) is 11.9 Å². The third-order valence-electron chi connectivity index (χ3n) is 6.77. The van der Waals surface area contributed by atoms with Gasteiger partial charge in [0, 0.05) is 29.6 Å². The van der Waals surface area contributed by atoms with Crippen LogP contribution in [0.2, 0.25) is 0 Å². The molecule has 3 aromatic carbocycles. The van der Waals surface area contributed by atoms with Crippen molar-refractivity contribution < 1.29 is 9.53 Å². The Bertz CT molecular complexity index is 1300. The molecule has 0 atom stereocenters. The molecule has 5 heteroatoms. The Morgan fingerprint density at radius 1 is 1.00 bits per heavy atom. The second-order valence-corrected chi connectivity index (χ2v) is 9.23. The number of amides is 1. The number of nitrogens with one attached hydrogen (secondary N) is 1. The van der Waals surface area contributed by atoms with Crippen molar-refractivity contribution in [3.63, 3.8) is 0 Å². The molecule has 0 aliphatic heterocycles. The number of nitrogens with zero attached hydrogens (tertiary/aromatic N) is 2. The van der Waals surface area contributed by atoms with E-state index in [1.165, 1.54) is 5.56 Å². The van der Waals surface area contributed by atoms with Crippen LogP contribution in [-0.4, -0.2) is 41.5 Å². The number of para-hydroxylation sites is 1. The van der Waals surface area contributed by atoms with Crippen LogP contribution in [0.3, 0.4) is 0 Å². The predicted molar refractivity (Wildman–Crippen MR) is 141 cm³/mol. The maximum atomic E-state index is 13.4. The Balaban J connectivity index is 1.30. The highest BCUT2D eigenvalue weighted by atomic mass is 16.5. The largest absolute Gasteiger partial charge is 0.494 e. The molecule has 1 aliphatic carbocycles. The lowest BCUT2D eigenvalue weighted by molar-refractivity contribution is 0.0811. The minimum atomic E-state index is -0.0371. The lowest BCUT2D eigenvalue weighted by atomic mass is 9.85. The number of ether oxygens (including phenoxy) is 1. The Morgan fingerprint density at radius 2 is 1.71 bits per heavy atom. The van der Waals surface area contributed by atoms with Gasteiger partial charge in [-0.1, -0.05) is 48.5 Å². The van der Waals surface area contributed by atoms with Gasteiger partial charge in [0.25, 0.3) is 5.91 Å². The summed E-state index contributed by atoms with van der Waals surface area (Å²) >= 11 is 0. The summed E-state index contributed by atoms with van der Waals surface area (Å²) in [6.45, 7) is 3.52. The zero-order valence-electron chi connectivity index (χ0n) is 20.3. The molecule has 1 amide bonds. The highest BCUT2D eigenvalue weighted by molar-refractivity contribution is 6.07. The van der Waals surface area contributed by atoms with Gasteiger partial charge in [-0.15, -0.1) is 0 Å². The van der Waals surface area contributed by atoms with Crippen LogP contribution in [0.5, 0.6) is 5.75 Å². The molecule has 5 rings (SSSR count). The SMILES string of the molecule is CCOc1ccc(-c2cc(C(=O)NC3CC(N(C)Cc4ccccc4)C3)c3ccccc3n2)cc1. The summed E-state index contributed by atoms with van der Waals surface area (Å²) in [7, 11) is 2.16. The molecule has 1 aliphatic rings. The highest BCUT2D eigenvalue weighted by Gasteiger charge is 2.33. The minimum absolute atomic E-state index is 0.0371. The van der Waals surface area contributed by atoms with E-state index in [2.05, 4.69) is 41.5 Å². The molecule has 1 aromatic heterocycles. The lowest BCUT2D eigenvalue weighted by Crippen LogP contribution is -2.52. The maximum absolute atomic E-state index is 13.4. The molecule has 1 heterocycles. The molecule has 0 spiro atoms. The van der Waals surface area contributed by atoms with Gasteiger partial charge in [-0.05, 0) is 68.8 Å². The summed E-state index contributed by atoms with van der Waals surface area (Å²) in [6.07, 6.45) is 1.92. The molecule has 1 N–H and O–H groups in total. The first kappa shape index (κ1) is 23.1. The van der Waals surface area contributed by atoms with E-state index in [0.717, 1.165) is 47.3 Å². The second-order valence-electron chi connectivity index (χ2n) is 9.23. The molecule has 1 fully saturated rings. The first-order valence-corrected chi connectivity index (χ1v) is 12.3. The fourth-order valence-corrected chi connectivity index (χ4v) is 4.73. The van der Waals surface area contributed by atoms with E-state index in [4.69, 9.17) is 9.72 Å². The van der Waals surface area contributed by atoms with Gasteiger partial charge in [0.2, 0.25) is 0 Å². The van der Waals surface area contributed by atoms with Gasteiger partial charge >= 0.3 is 0 Å². The minimum Gasteiger partial charge on any atom is -0.494 e. The fraction of sp³-hybridized carbons (Fsp3) is 0.267. The van der Waals surface area contributed by atoms with E-state index in [9.17, 15) is 4.79 Å². The van der Waals surface area contributed by atoms with E-state index >= 15 is 0 Å². The third-order valence-corrected chi connectivity index (χ3v) is 6.77. The average molecular weight is 466 g/mol. The number of carbonyl (C=O) groups is 1. The summed E-state index contributed by atoms with van der Waals surface area (Å²) < 4.78 is 5.56. The van der Waals surface area contributed by atoms with Crippen molar-refractivity contribution in [2.24, 2.45) is 0 Å². The van der Waals surface area contributed by atoms with Gasteiger partial charge in [-0.25, -0.2) is 4.98 Å². The van der Waals surface area contributed by atoms with E-state index in [0.29, 0.717) is 18.2 Å². The third kappa shape index (κ3) is 5.20. The molecule has 4 aromatic rings. The zero-order valence-corrected chi connectivity index (χ0v) is 20.3. The van der Waals surface area contributed by atoms with Gasteiger partial charge in [-0.2, -0.15) is 0 Å². The first-order chi connectivity index (χ1) is 17.1. The molecule has 178 valence electrons. The smallest absolute Gasteiger partial charge is 0.252 e. The molecule has 5 nitrogen and oxygen atoms in total. The monoisotopic (exact) mass is 465 g/mol. The van der Waals surface area contributed by atoms with Gasteiger partial charge in [0.1, 0.15) is 5.75 Å². The number of hydrogen-bond acceptors (Lipinski definition) is 4. The second kappa shape index (κ2) is 10.3. The summed E-state index contributed by atoms with van der Waals surface area (Å²) in [5.41, 5.74) is 4.54. The van der Waals surface area contributed by atoms with Gasteiger partial charge in [-0.3, -0.25) is 9.69 Å². The van der Waals surface area contributed by atoms with Gasteiger partial charge in [0.05, 0.1) is 23.4 Å². The van der Waals surface area contributed by atoms with Crippen LogP contribution in [-0.2, 0) is 6.54 Å². The van der Waals surface area contributed by atoms with E-state index in [1.54, 1.807) is 0 Å². The van der Waals surface area contributed by atoms with Crippen LogP contribution >= 0.6 is 0 Å². The highest BCUT2D eigenvalue weighted by Crippen LogP contribution is 2.29. The van der Waals surface area contributed by atoms with Crippen LogP contribution in [0.4, 0.5) is 0 Å². The van der Waals surface area contributed by atoms with E-state index < -0.39 is 0 Å². The number of pyridine rings is 1. The molecule has 0 saturated heterocycles. The average Bonchev–Trinajstić information content (AvgIpc) is 2.86. The van der Waals surface area contributed by atoms with Crippen LogP contribution in [0, 0.1) is 0 Å². The number of aromatic nitrogens is 1. The van der Waals surface area contributed by atoms with E-state index in [1.807, 2.05) is 67.6 Å². The summed E-state index contributed by atoms with van der Waals surface area (Å²) in [5.74, 6) is 0.789. The Morgan fingerprint density at radius 3 is 2.46 bits per heavy atom. The first-order valence-electron chi connectivity index (χ1n) is 12.3. The summed E-state index contributed by atoms with van der Waals surface area (Å²) in [5, 5.41) is 4.14. The van der Waals surface area contributed by atoms with Crippen molar-refractivity contribution in [2.45, 2.75) is 38.4 Å². The standard InChI is InChI=1S/C30H31N3O2/c1-3-35-25-15-13-22(14-16-25)29-19-27(26-11-7-8-12-28(26)32-29)30(34)31-23-17-24(18-23)33(2)20-21-9-5-4-6-10-21/h4-16,19,23-24H,3,17-18,20H2,1-2H3,(H,31,34). The summed E-state index contributed by atoms with van der Waals surface area (Å²) in [6, 6.07) is 28.8. The van der Waals surface area contributed by atoms with Crippen LogP contribution in [0.25, 0.3) is 22.2 Å². The zero-order chi connectivity index (χ0) is 24.2. The quantitative estimate of drug-likeness (QED) is 0.363. The molecular weight excluding hydrogens is 434 g/mol. The number of rotatable bonds is 8. The molecule has 0 bridgehead atoms. The molecule has 35 heavy (non-hydrogen) atoms. The van der Waals surface area contributed by atoms with Gasteiger partial charge in [0.15, 0.2) is 0 Å². The van der Waals surface area contributed by atoms with Crippen molar-refractivity contribution in [1.82, 2.24) is 15.2 Å². The Hall–Kier alpha value is -3.70. The van der Waals surface area contributed by atoms with Crippen molar-refractivity contribution in [1.29, 1.82) is 0 Å². The molecular formula is C30H31N3O2. The van der Waals surface area contributed by atoms with Crippen LogP contribution < -0.4 is 10.1 Å². The molecule has 0 unspecified atom stereocenters. The molecule has 1 saturated carbocycles. The number of carbonyl (C=O) groups excluding carboxylic acids is 1. The van der Waals surface area contributed by atoms with Crippen molar-refractivity contribution >= 4 is 16.8 Å². The van der Waals surface area contributed by atoms with Crippen molar-refractivity contribution in [2.75, 3.05) is 13.7 Å². The van der Waals surface area contributed by atoms with Crippen LogP contribution in [0.1, 0.15) is 35.7 Å². The lowest BCUT2D eigenvalue weighted by Gasteiger charge is -2.41. The summed E-state index contributed by atoms with van der Waals surface area (Å²) in [4.78, 5) is 20.6. The predicted octanol–water partition coefficient (Wildman–Crippen LogP) is 5.69. The van der Waals surface area contributed by atoms with Crippen molar-refractivity contribution in [3.8, 4) is 17.0 Å². The van der Waals surface area contributed by atoms with Gasteiger partial charge < -0.3 is 10.1 Å². The number of fused-ring (bicyclic) bond motifs is 1. The normalized spacial score (nSPS) is 17.2.